The largest absolute Gasteiger partial charge is 0.477 e. The van der Waals surface area contributed by atoms with Crippen molar-refractivity contribution in [3.05, 3.63) is 29.0 Å². The zero-order valence-corrected chi connectivity index (χ0v) is 6.89. The van der Waals surface area contributed by atoms with Crippen LogP contribution < -0.4 is 0 Å². The Kier molecular flexibility index (Phi) is 3.85. The summed E-state index contributed by atoms with van der Waals surface area (Å²) >= 11 is 5.49. The standard InChI is InChI=1S/C6H4ClNO2.ClH/c7-4-1-2-8-5(3-4)6(9)10;/h1-3H,(H,9,10);1H. The van der Waals surface area contributed by atoms with Gasteiger partial charge in [-0.3, -0.25) is 0 Å². The number of rotatable bonds is 1. The lowest BCUT2D eigenvalue weighted by molar-refractivity contribution is 0.0690. The molecule has 1 aromatic heterocycles. The number of hydrogen-bond donors (Lipinski definition) is 1. The Morgan fingerprint density at radius 1 is 1.64 bits per heavy atom. The van der Waals surface area contributed by atoms with Gasteiger partial charge >= 0.3 is 5.97 Å². The lowest BCUT2D eigenvalue weighted by atomic mass is 10.4. The number of hydrogen-bond acceptors (Lipinski definition) is 2. The quantitative estimate of drug-likeness (QED) is 0.741. The maximum Gasteiger partial charge on any atom is 0.354 e. The number of carboxylic acids is 1. The Hall–Kier alpha value is -0.800. The van der Waals surface area contributed by atoms with Gasteiger partial charge in [-0.25, -0.2) is 9.78 Å². The van der Waals surface area contributed by atoms with E-state index >= 15 is 0 Å². The van der Waals surface area contributed by atoms with Crippen LogP contribution >= 0.6 is 24.0 Å². The molecule has 0 unspecified atom stereocenters. The summed E-state index contributed by atoms with van der Waals surface area (Å²) in [4.78, 5) is 13.8. The van der Waals surface area contributed by atoms with Crippen molar-refractivity contribution in [2.24, 2.45) is 0 Å². The number of carbonyl (C=O) groups is 1. The van der Waals surface area contributed by atoms with Gasteiger partial charge in [0.2, 0.25) is 0 Å². The summed E-state index contributed by atoms with van der Waals surface area (Å²) in [5.74, 6) is -1.07. The lowest BCUT2D eigenvalue weighted by Crippen LogP contribution is -1.98. The Labute approximate surface area is 74.4 Å². The minimum absolute atomic E-state index is 0. The van der Waals surface area contributed by atoms with E-state index in [1.54, 1.807) is 0 Å². The van der Waals surface area contributed by atoms with E-state index in [4.69, 9.17) is 16.7 Å². The van der Waals surface area contributed by atoms with Gasteiger partial charge in [0, 0.05) is 11.2 Å². The first-order chi connectivity index (χ1) is 4.70. The van der Waals surface area contributed by atoms with Crippen LogP contribution in [0.4, 0.5) is 0 Å². The highest BCUT2D eigenvalue weighted by Gasteiger charge is 2.02. The normalized spacial score (nSPS) is 8.45. The summed E-state index contributed by atoms with van der Waals surface area (Å²) in [7, 11) is 0. The monoisotopic (exact) mass is 193 g/mol. The van der Waals surface area contributed by atoms with E-state index in [1.165, 1.54) is 18.3 Å². The van der Waals surface area contributed by atoms with Crippen molar-refractivity contribution in [2.45, 2.75) is 0 Å². The molecule has 0 saturated carbocycles. The first-order valence-corrected chi connectivity index (χ1v) is 2.93. The second-order valence-electron chi connectivity index (χ2n) is 1.66. The number of aromatic carboxylic acids is 1. The average molecular weight is 194 g/mol. The van der Waals surface area contributed by atoms with Gasteiger partial charge in [0.15, 0.2) is 0 Å². The molecular formula is C6H5Cl2NO2. The van der Waals surface area contributed by atoms with Crippen molar-refractivity contribution in [3.8, 4) is 0 Å². The van der Waals surface area contributed by atoms with Gasteiger partial charge in [-0.15, -0.1) is 12.4 Å². The Bertz CT molecular complexity index is 265. The van der Waals surface area contributed by atoms with E-state index < -0.39 is 5.97 Å². The average Bonchev–Trinajstić information content (AvgIpc) is 1.88. The molecule has 5 heteroatoms. The van der Waals surface area contributed by atoms with Crippen molar-refractivity contribution in [1.82, 2.24) is 4.98 Å². The topological polar surface area (TPSA) is 50.2 Å². The zero-order chi connectivity index (χ0) is 7.56. The SMILES string of the molecule is Cl.O=C(O)c1cc(Cl)ccn1. The molecule has 0 spiro atoms. The molecule has 0 atom stereocenters. The Balaban J connectivity index is 0.000001000. The number of carboxylic acid groups (broad SMARTS) is 1. The molecule has 0 radical (unpaired) electrons. The molecule has 1 N–H and O–H groups in total. The van der Waals surface area contributed by atoms with Crippen LogP contribution in [0, 0.1) is 0 Å². The molecule has 0 aliphatic carbocycles. The van der Waals surface area contributed by atoms with Crippen LogP contribution in [0.25, 0.3) is 0 Å². The van der Waals surface area contributed by atoms with Crippen LogP contribution in [0.2, 0.25) is 5.02 Å². The Morgan fingerprint density at radius 2 is 2.27 bits per heavy atom. The highest BCUT2D eigenvalue weighted by Crippen LogP contribution is 2.07. The number of aromatic nitrogens is 1. The zero-order valence-electron chi connectivity index (χ0n) is 5.32. The van der Waals surface area contributed by atoms with Crippen LogP contribution in [-0.4, -0.2) is 16.1 Å². The molecule has 11 heavy (non-hydrogen) atoms. The summed E-state index contributed by atoms with van der Waals surface area (Å²) in [5.41, 5.74) is -0.0347. The maximum atomic E-state index is 10.2. The fourth-order valence-electron chi connectivity index (χ4n) is 0.522. The van der Waals surface area contributed by atoms with E-state index in [0.29, 0.717) is 5.02 Å². The molecule has 1 heterocycles. The van der Waals surface area contributed by atoms with Crippen LogP contribution in [0.3, 0.4) is 0 Å². The molecule has 3 nitrogen and oxygen atoms in total. The summed E-state index contributed by atoms with van der Waals surface area (Å²) in [6, 6.07) is 2.82. The molecule has 0 aromatic carbocycles. The Morgan fingerprint density at radius 3 is 2.64 bits per heavy atom. The van der Waals surface area contributed by atoms with Gasteiger partial charge in [0.25, 0.3) is 0 Å². The summed E-state index contributed by atoms with van der Waals surface area (Å²) in [5, 5.41) is 8.77. The third kappa shape index (κ3) is 2.74. The molecule has 0 fully saturated rings. The molecule has 0 aliphatic heterocycles. The van der Waals surface area contributed by atoms with Crippen molar-refractivity contribution in [1.29, 1.82) is 0 Å². The molecule has 0 amide bonds. The van der Waals surface area contributed by atoms with Crippen LogP contribution in [-0.2, 0) is 0 Å². The minimum atomic E-state index is -1.07. The van der Waals surface area contributed by atoms with Gasteiger partial charge in [-0.1, -0.05) is 11.6 Å². The number of nitrogens with zero attached hydrogens (tertiary/aromatic N) is 1. The molecule has 0 bridgehead atoms. The first kappa shape index (κ1) is 10.2. The first-order valence-electron chi connectivity index (χ1n) is 2.55. The van der Waals surface area contributed by atoms with Crippen molar-refractivity contribution >= 4 is 30.0 Å². The highest BCUT2D eigenvalue weighted by molar-refractivity contribution is 6.30. The summed E-state index contributed by atoms with van der Waals surface area (Å²) in [6.45, 7) is 0. The molecule has 1 rings (SSSR count). The molecule has 1 aromatic rings. The van der Waals surface area contributed by atoms with Gasteiger partial charge in [-0.2, -0.15) is 0 Å². The lowest BCUT2D eigenvalue weighted by Gasteiger charge is -1.91. The third-order valence-electron chi connectivity index (χ3n) is 0.941. The second kappa shape index (κ2) is 4.16. The molecule has 0 saturated heterocycles. The number of pyridine rings is 1. The van der Waals surface area contributed by atoms with Crippen LogP contribution in [0.15, 0.2) is 18.3 Å². The fraction of sp³-hybridized carbons (Fsp3) is 0. The van der Waals surface area contributed by atoms with E-state index in [9.17, 15) is 4.79 Å². The van der Waals surface area contributed by atoms with Crippen LogP contribution in [0.5, 0.6) is 0 Å². The predicted octanol–water partition coefficient (Wildman–Crippen LogP) is 1.85. The van der Waals surface area contributed by atoms with E-state index in [2.05, 4.69) is 4.98 Å². The van der Waals surface area contributed by atoms with E-state index in [-0.39, 0.29) is 18.1 Å². The highest BCUT2D eigenvalue weighted by atomic mass is 35.5. The third-order valence-corrected chi connectivity index (χ3v) is 1.18. The summed E-state index contributed by atoms with van der Waals surface area (Å²) in [6.07, 6.45) is 1.35. The predicted molar refractivity (Wildman–Crippen MR) is 43.5 cm³/mol. The molecule has 0 aliphatic rings. The molecular weight excluding hydrogens is 189 g/mol. The molecule has 60 valence electrons. The van der Waals surface area contributed by atoms with Crippen molar-refractivity contribution in [3.63, 3.8) is 0 Å². The van der Waals surface area contributed by atoms with Gasteiger partial charge in [0.05, 0.1) is 0 Å². The summed E-state index contributed by atoms with van der Waals surface area (Å²) < 4.78 is 0. The number of halogens is 2. The second-order valence-corrected chi connectivity index (χ2v) is 2.10. The van der Waals surface area contributed by atoms with Crippen molar-refractivity contribution in [2.75, 3.05) is 0 Å². The minimum Gasteiger partial charge on any atom is -0.477 e. The fourth-order valence-corrected chi connectivity index (χ4v) is 0.681. The van der Waals surface area contributed by atoms with Gasteiger partial charge in [0.1, 0.15) is 5.69 Å². The van der Waals surface area contributed by atoms with E-state index in [1.807, 2.05) is 0 Å². The van der Waals surface area contributed by atoms with Crippen molar-refractivity contribution < 1.29 is 9.90 Å². The van der Waals surface area contributed by atoms with Gasteiger partial charge in [-0.05, 0) is 12.1 Å². The maximum absolute atomic E-state index is 10.2. The smallest absolute Gasteiger partial charge is 0.354 e. The van der Waals surface area contributed by atoms with E-state index in [0.717, 1.165) is 0 Å². The van der Waals surface area contributed by atoms with Crippen LogP contribution in [0.1, 0.15) is 10.5 Å². The van der Waals surface area contributed by atoms with Gasteiger partial charge < -0.3 is 5.11 Å².